The molecule has 2 saturated heterocycles. The molecule has 0 radical (unpaired) electrons. The standard InChI is InChI=1S/C17H27N3O4S/c1-5-7-18-15(25)20-10-16(3)8-19(12(21)13(22)24-6-2)9-17(4,11-20)14(16)23/h5-11H2,1-4H3,(H,18,25)/t16-,17+. The van der Waals surface area contributed by atoms with Gasteiger partial charge in [-0.1, -0.05) is 6.92 Å². The first kappa shape index (κ1) is 19.6. The van der Waals surface area contributed by atoms with E-state index in [0.29, 0.717) is 18.2 Å². The molecular formula is C17H27N3O4S. The van der Waals surface area contributed by atoms with Crippen LogP contribution >= 0.6 is 12.2 Å². The van der Waals surface area contributed by atoms with E-state index >= 15 is 0 Å². The summed E-state index contributed by atoms with van der Waals surface area (Å²) in [6, 6.07) is 0. The van der Waals surface area contributed by atoms with E-state index in [4.69, 9.17) is 17.0 Å². The highest BCUT2D eigenvalue weighted by atomic mass is 32.1. The molecule has 0 saturated carbocycles. The summed E-state index contributed by atoms with van der Waals surface area (Å²) >= 11 is 5.46. The summed E-state index contributed by atoms with van der Waals surface area (Å²) in [5.41, 5.74) is -1.52. The van der Waals surface area contributed by atoms with Crippen LogP contribution in [0.5, 0.6) is 0 Å². The summed E-state index contributed by atoms with van der Waals surface area (Å²) in [4.78, 5) is 40.6. The van der Waals surface area contributed by atoms with Crippen molar-refractivity contribution in [2.45, 2.75) is 34.1 Å². The molecular weight excluding hydrogens is 342 g/mol. The van der Waals surface area contributed by atoms with Crippen LogP contribution in [0, 0.1) is 10.8 Å². The van der Waals surface area contributed by atoms with Crippen LogP contribution in [-0.4, -0.2) is 71.9 Å². The van der Waals surface area contributed by atoms with Gasteiger partial charge < -0.3 is 19.9 Å². The number of hydrogen-bond donors (Lipinski definition) is 1. The number of likely N-dealkylation sites (tertiary alicyclic amines) is 2. The fraction of sp³-hybridized carbons (Fsp3) is 0.765. The van der Waals surface area contributed by atoms with Crippen molar-refractivity contribution in [1.29, 1.82) is 0 Å². The lowest BCUT2D eigenvalue weighted by Gasteiger charge is -2.55. The third-order valence-corrected chi connectivity index (χ3v) is 5.21. The number of ketones is 1. The Labute approximate surface area is 154 Å². The monoisotopic (exact) mass is 369 g/mol. The first-order valence-electron chi connectivity index (χ1n) is 8.70. The second-order valence-corrected chi connectivity index (χ2v) is 7.81. The molecule has 25 heavy (non-hydrogen) atoms. The van der Waals surface area contributed by atoms with Crippen molar-refractivity contribution in [1.82, 2.24) is 15.1 Å². The van der Waals surface area contributed by atoms with Gasteiger partial charge in [0.15, 0.2) is 10.9 Å². The van der Waals surface area contributed by atoms with E-state index in [1.165, 1.54) is 4.90 Å². The van der Waals surface area contributed by atoms with E-state index in [0.717, 1.165) is 13.0 Å². The zero-order chi connectivity index (χ0) is 18.8. The molecule has 0 spiro atoms. The van der Waals surface area contributed by atoms with Crippen LogP contribution in [-0.2, 0) is 19.1 Å². The fourth-order valence-corrected chi connectivity index (χ4v) is 4.10. The molecule has 2 atom stereocenters. The molecule has 0 aliphatic carbocycles. The second kappa shape index (κ2) is 7.27. The highest BCUT2D eigenvalue weighted by Crippen LogP contribution is 2.42. The Morgan fingerprint density at radius 2 is 1.64 bits per heavy atom. The number of amides is 1. The largest absolute Gasteiger partial charge is 0.459 e. The lowest BCUT2D eigenvalue weighted by Crippen LogP contribution is -2.70. The quantitative estimate of drug-likeness (QED) is 0.443. The SMILES string of the molecule is CCCNC(=S)N1C[C@]2(C)CN(C(=O)C(=O)OCC)C[C@](C)(C1)C2=O. The van der Waals surface area contributed by atoms with Crippen LogP contribution in [0.4, 0.5) is 0 Å². The molecule has 1 amide bonds. The maximum Gasteiger partial charge on any atom is 0.397 e. The predicted octanol–water partition coefficient (Wildman–Crippen LogP) is 0.574. The molecule has 140 valence electrons. The van der Waals surface area contributed by atoms with E-state index in [1.54, 1.807) is 6.92 Å². The molecule has 0 aromatic carbocycles. The van der Waals surface area contributed by atoms with E-state index < -0.39 is 22.7 Å². The molecule has 2 bridgehead atoms. The van der Waals surface area contributed by atoms with Crippen molar-refractivity contribution in [3.05, 3.63) is 0 Å². The van der Waals surface area contributed by atoms with Gasteiger partial charge in [0.05, 0.1) is 17.4 Å². The molecule has 1 N–H and O–H groups in total. The second-order valence-electron chi connectivity index (χ2n) is 7.42. The number of thiocarbonyl (C=S) groups is 1. The maximum atomic E-state index is 13.0. The number of hydrogen-bond acceptors (Lipinski definition) is 5. The summed E-state index contributed by atoms with van der Waals surface area (Å²) in [6.45, 7) is 9.60. The molecule has 2 aliphatic rings. The number of piperidine rings is 2. The van der Waals surface area contributed by atoms with Gasteiger partial charge in [-0.3, -0.25) is 9.59 Å². The third kappa shape index (κ3) is 3.78. The average Bonchev–Trinajstić information content (AvgIpc) is 2.54. The van der Waals surface area contributed by atoms with Gasteiger partial charge in [-0.25, -0.2) is 4.79 Å². The number of nitrogens with one attached hydrogen (secondary N) is 1. The van der Waals surface area contributed by atoms with Crippen molar-refractivity contribution < 1.29 is 19.1 Å². The number of esters is 1. The Balaban J connectivity index is 2.20. The van der Waals surface area contributed by atoms with E-state index in [2.05, 4.69) is 12.2 Å². The number of fused-ring (bicyclic) bond motifs is 2. The number of rotatable bonds is 3. The van der Waals surface area contributed by atoms with Gasteiger partial charge in [0.1, 0.15) is 0 Å². The molecule has 0 aromatic heterocycles. The number of nitrogens with zero attached hydrogens (tertiary/aromatic N) is 2. The van der Waals surface area contributed by atoms with Gasteiger partial charge in [-0.2, -0.15) is 0 Å². The fourth-order valence-electron chi connectivity index (χ4n) is 3.87. The Morgan fingerprint density at radius 3 is 2.12 bits per heavy atom. The maximum absolute atomic E-state index is 13.0. The van der Waals surface area contributed by atoms with Crippen molar-refractivity contribution in [2.24, 2.45) is 10.8 Å². The highest BCUT2D eigenvalue weighted by molar-refractivity contribution is 7.80. The van der Waals surface area contributed by atoms with Gasteiger partial charge >= 0.3 is 11.9 Å². The normalized spacial score (nSPS) is 28.6. The predicted molar refractivity (Wildman–Crippen MR) is 96.9 cm³/mol. The van der Waals surface area contributed by atoms with Crippen molar-refractivity contribution in [3.63, 3.8) is 0 Å². The van der Waals surface area contributed by atoms with Crippen LogP contribution in [0.1, 0.15) is 34.1 Å². The van der Waals surface area contributed by atoms with Gasteiger partial charge in [0.2, 0.25) is 0 Å². The number of carbonyl (C=O) groups excluding carboxylic acids is 3. The Hall–Kier alpha value is -1.70. The van der Waals surface area contributed by atoms with Gasteiger partial charge in [0.25, 0.3) is 0 Å². The summed E-state index contributed by atoms with van der Waals surface area (Å²) in [7, 11) is 0. The first-order chi connectivity index (χ1) is 11.7. The van der Waals surface area contributed by atoms with Crippen LogP contribution in [0.25, 0.3) is 0 Å². The molecule has 2 heterocycles. The summed E-state index contributed by atoms with van der Waals surface area (Å²) in [5.74, 6) is -1.41. The van der Waals surface area contributed by atoms with E-state index in [9.17, 15) is 14.4 Å². The molecule has 2 aliphatic heterocycles. The molecule has 2 fully saturated rings. The van der Waals surface area contributed by atoms with Crippen LogP contribution < -0.4 is 5.32 Å². The number of Topliss-reactive ketones (excluding diaryl/α,β-unsaturated/α-hetero) is 1. The van der Waals surface area contributed by atoms with Gasteiger partial charge in [-0.15, -0.1) is 0 Å². The summed E-state index contributed by atoms with van der Waals surface area (Å²) in [6.07, 6.45) is 0.962. The van der Waals surface area contributed by atoms with Crippen LogP contribution in [0.3, 0.4) is 0 Å². The van der Waals surface area contributed by atoms with E-state index in [1.807, 2.05) is 18.7 Å². The Kier molecular flexibility index (Phi) is 5.71. The minimum absolute atomic E-state index is 0.127. The van der Waals surface area contributed by atoms with Crippen molar-refractivity contribution >= 4 is 35.0 Å². The Morgan fingerprint density at radius 1 is 1.12 bits per heavy atom. The van der Waals surface area contributed by atoms with Crippen LogP contribution in [0.15, 0.2) is 0 Å². The highest BCUT2D eigenvalue weighted by Gasteiger charge is 2.57. The molecule has 0 aromatic rings. The lowest BCUT2D eigenvalue weighted by molar-refractivity contribution is -0.169. The van der Waals surface area contributed by atoms with Crippen molar-refractivity contribution in [2.75, 3.05) is 39.3 Å². The molecule has 7 nitrogen and oxygen atoms in total. The summed E-state index contributed by atoms with van der Waals surface area (Å²) in [5, 5.41) is 3.84. The van der Waals surface area contributed by atoms with Crippen molar-refractivity contribution in [3.8, 4) is 0 Å². The first-order valence-corrected chi connectivity index (χ1v) is 9.11. The third-order valence-electron chi connectivity index (χ3n) is 4.81. The van der Waals surface area contributed by atoms with Gasteiger partial charge in [0, 0.05) is 32.7 Å². The summed E-state index contributed by atoms with van der Waals surface area (Å²) < 4.78 is 4.82. The topological polar surface area (TPSA) is 78.9 Å². The number of ether oxygens (including phenoxy) is 1. The zero-order valence-corrected chi connectivity index (χ0v) is 16.2. The minimum Gasteiger partial charge on any atom is -0.459 e. The lowest BCUT2D eigenvalue weighted by atomic mass is 9.64. The van der Waals surface area contributed by atoms with Gasteiger partial charge in [-0.05, 0) is 39.4 Å². The zero-order valence-electron chi connectivity index (χ0n) is 15.4. The minimum atomic E-state index is -0.862. The molecule has 2 rings (SSSR count). The Bertz CT molecular complexity index is 572. The smallest absolute Gasteiger partial charge is 0.397 e. The van der Waals surface area contributed by atoms with Crippen LogP contribution in [0.2, 0.25) is 0 Å². The molecule has 8 heteroatoms. The average molecular weight is 369 g/mol. The number of carbonyl (C=O) groups is 3. The van der Waals surface area contributed by atoms with E-state index in [-0.39, 0.29) is 25.5 Å². The molecule has 0 unspecified atom stereocenters.